The standard InChI is InChI=1S/C16H26N4O2/c1-3-8-20(12-14-7-5-6-9-22-14)16(21)19-13-10-17-15(4-2)18-11-13/h10-11,14H,3-9,12H2,1-2H3,(H,19,21)/t14-/m1/s1. The number of hydrogen-bond acceptors (Lipinski definition) is 4. The fourth-order valence-electron chi connectivity index (χ4n) is 2.55. The van der Waals surface area contributed by atoms with Gasteiger partial charge in [-0.2, -0.15) is 0 Å². The van der Waals surface area contributed by atoms with E-state index in [1.807, 2.05) is 11.8 Å². The van der Waals surface area contributed by atoms with Gasteiger partial charge in [0.1, 0.15) is 5.82 Å². The van der Waals surface area contributed by atoms with Gasteiger partial charge in [-0.1, -0.05) is 13.8 Å². The van der Waals surface area contributed by atoms with Crippen molar-refractivity contribution >= 4 is 11.7 Å². The molecule has 2 rings (SSSR count). The van der Waals surface area contributed by atoms with Crippen LogP contribution < -0.4 is 5.32 Å². The second-order valence-corrected chi connectivity index (χ2v) is 5.61. The van der Waals surface area contributed by atoms with Gasteiger partial charge in [0.15, 0.2) is 0 Å². The van der Waals surface area contributed by atoms with E-state index in [0.717, 1.165) is 44.7 Å². The number of amides is 2. The SMILES string of the molecule is CCCN(C[C@H]1CCCCO1)C(=O)Nc1cnc(CC)nc1. The van der Waals surface area contributed by atoms with E-state index in [9.17, 15) is 4.79 Å². The maximum Gasteiger partial charge on any atom is 0.322 e. The Bertz CT molecular complexity index is 458. The van der Waals surface area contributed by atoms with Gasteiger partial charge in [-0.15, -0.1) is 0 Å². The fourth-order valence-corrected chi connectivity index (χ4v) is 2.55. The zero-order valence-electron chi connectivity index (χ0n) is 13.5. The molecule has 122 valence electrons. The summed E-state index contributed by atoms with van der Waals surface area (Å²) in [6, 6.07) is -0.108. The number of anilines is 1. The Morgan fingerprint density at radius 2 is 2.14 bits per heavy atom. The summed E-state index contributed by atoms with van der Waals surface area (Å²) in [6.07, 6.45) is 8.51. The highest BCUT2D eigenvalue weighted by Crippen LogP contribution is 2.15. The quantitative estimate of drug-likeness (QED) is 0.877. The summed E-state index contributed by atoms with van der Waals surface area (Å²) in [6.45, 7) is 6.24. The van der Waals surface area contributed by atoms with Gasteiger partial charge in [-0.3, -0.25) is 0 Å². The molecule has 0 aliphatic carbocycles. The van der Waals surface area contributed by atoms with Gasteiger partial charge in [0.05, 0.1) is 24.2 Å². The van der Waals surface area contributed by atoms with E-state index in [-0.39, 0.29) is 12.1 Å². The molecule has 0 unspecified atom stereocenters. The molecule has 1 fully saturated rings. The van der Waals surface area contributed by atoms with Crippen LogP contribution in [0.15, 0.2) is 12.4 Å². The molecule has 1 aliphatic heterocycles. The van der Waals surface area contributed by atoms with Crippen LogP contribution in [0, 0.1) is 0 Å². The van der Waals surface area contributed by atoms with E-state index in [4.69, 9.17) is 4.74 Å². The van der Waals surface area contributed by atoms with Gasteiger partial charge < -0.3 is 15.0 Å². The third kappa shape index (κ3) is 4.94. The molecule has 0 saturated carbocycles. The van der Waals surface area contributed by atoms with Crippen molar-refractivity contribution in [2.45, 2.75) is 52.1 Å². The van der Waals surface area contributed by atoms with Crippen LogP contribution in [0.3, 0.4) is 0 Å². The molecular weight excluding hydrogens is 280 g/mol. The molecule has 1 saturated heterocycles. The van der Waals surface area contributed by atoms with Crippen molar-refractivity contribution in [1.29, 1.82) is 0 Å². The molecule has 2 amide bonds. The molecule has 0 radical (unpaired) electrons. The van der Waals surface area contributed by atoms with E-state index in [2.05, 4.69) is 22.2 Å². The van der Waals surface area contributed by atoms with Crippen LogP contribution in [0.5, 0.6) is 0 Å². The van der Waals surface area contributed by atoms with Gasteiger partial charge in [-0.25, -0.2) is 14.8 Å². The Morgan fingerprint density at radius 1 is 1.36 bits per heavy atom. The Balaban J connectivity index is 1.92. The Morgan fingerprint density at radius 3 is 2.73 bits per heavy atom. The second kappa shape index (κ2) is 8.68. The predicted octanol–water partition coefficient (Wildman–Crippen LogP) is 2.85. The predicted molar refractivity (Wildman–Crippen MR) is 85.9 cm³/mol. The lowest BCUT2D eigenvalue weighted by atomic mass is 10.1. The Labute approximate surface area is 132 Å². The van der Waals surface area contributed by atoms with Crippen molar-refractivity contribution in [2.75, 3.05) is 25.0 Å². The fraction of sp³-hybridized carbons (Fsp3) is 0.688. The molecule has 2 heterocycles. The third-order valence-electron chi connectivity index (χ3n) is 3.75. The largest absolute Gasteiger partial charge is 0.376 e. The number of aryl methyl sites for hydroxylation is 1. The Kier molecular flexibility index (Phi) is 6.58. The molecular formula is C16H26N4O2. The van der Waals surface area contributed by atoms with Crippen molar-refractivity contribution in [2.24, 2.45) is 0 Å². The number of carbonyl (C=O) groups is 1. The molecule has 6 heteroatoms. The van der Waals surface area contributed by atoms with Crippen molar-refractivity contribution in [3.63, 3.8) is 0 Å². The average molecular weight is 306 g/mol. The third-order valence-corrected chi connectivity index (χ3v) is 3.75. The minimum absolute atomic E-state index is 0.108. The first kappa shape index (κ1) is 16.7. The smallest absolute Gasteiger partial charge is 0.322 e. The Hall–Kier alpha value is -1.69. The topological polar surface area (TPSA) is 67.3 Å². The number of carbonyl (C=O) groups excluding carboxylic acids is 1. The first-order valence-electron chi connectivity index (χ1n) is 8.21. The number of nitrogens with one attached hydrogen (secondary N) is 1. The molecule has 1 aliphatic rings. The lowest BCUT2D eigenvalue weighted by molar-refractivity contribution is 0.00161. The zero-order valence-corrected chi connectivity index (χ0v) is 13.5. The number of nitrogens with zero attached hydrogens (tertiary/aromatic N) is 3. The number of aromatic nitrogens is 2. The van der Waals surface area contributed by atoms with Gasteiger partial charge in [-0.05, 0) is 25.7 Å². The van der Waals surface area contributed by atoms with Crippen molar-refractivity contribution in [3.05, 3.63) is 18.2 Å². The summed E-state index contributed by atoms with van der Waals surface area (Å²) in [5, 5.41) is 2.87. The molecule has 1 atom stereocenters. The summed E-state index contributed by atoms with van der Waals surface area (Å²) < 4.78 is 5.74. The van der Waals surface area contributed by atoms with Crippen molar-refractivity contribution in [1.82, 2.24) is 14.9 Å². The minimum Gasteiger partial charge on any atom is -0.376 e. The van der Waals surface area contributed by atoms with Gasteiger partial charge >= 0.3 is 6.03 Å². The molecule has 1 aromatic rings. The first-order chi connectivity index (χ1) is 10.7. The minimum atomic E-state index is -0.108. The van der Waals surface area contributed by atoms with Crippen LogP contribution in [0.2, 0.25) is 0 Å². The number of urea groups is 1. The first-order valence-corrected chi connectivity index (χ1v) is 8.21. The summed E-state index contributed by atoms with van der Waals surface area (Å²) in [5.41, 5.74) is 0.632. The van der Waals surface area contributed by atoms with E-state index in [1.165, 1.54) is 6.42 Å². The molecule has 0 spiro atoms. The second-order valence-electron chi connectivity index (χ2n) is 5.61. The lowest BCUT2D eigenvalue weighted by Crippen LogP contribution is -2.42. The number of ether oxygens (including phenoxy) is 1. The van der Waals surface area contributed by atoms with Gasteiger partial charge in [0, 0.05) is 26.1 Å². The summed E-state index contributed by atoms with van der Waals surface area (Å²) in [7, 11) is 0. The van der Waals surface area contributed by atoms with Crippen LogP contribution in [-0.4, -0.2) is 46.7 Å². The van der Waals surface area contributed by atoms with Crippen LogP contribution in [-0.2, 0) is 11.2 Å². The normalized spacial score (nSPS) is 18.0. The average Bonchev–Trinajstić information content (AvgIpc) is 2.56. The summed E-state index contributed by atoms with van der Waals surface area (Å²) >= 11 is 0. The van der Waals surface area contributed by atoms with E-state index >= 15 is 0 Å². The number of hydrogen-bond donors (Lipinski definition) is 1. The van der Waals surface area contributed by atoms with E-state index < -0.39 is 0 Å². The van der Waals surface area contributed by atoms with Crippen LogP contribution in [0.4, 0.5) is 10.5 Å². The highest BCUT2D eigenvalue weighted by molar-refractivity contribution is 5.88. The molecule has 0 aromatic carbocycles. The summed E-state index contributed by atoms with van der Waals surface area (Å²) in [4.78, 5) is 22.7. The lowest BCUT2D eigenvalue weighted by Gasteiger charge is -2.29. The van der Waals surface area contributed by atoms with E-state index in [0.29, 0.717) is 12.2 Å². The van der Waals surface area contributed by atoms with Crippen LogP contribution >= 0.6 is 0 Å². The van der Waals surface area contributed by atoms with Gasteiger partial charge in [0.25, 0.3) is 0 Å². The van der Waals surface area contributed by atoms with Crippen molar-refractivity contribution in [3.8, 4) is 0 Å². The zero-order chi connectivity index (χ0) is 15.8. The van der Waals surface area contributed by atoms with Crippen molar-refractivity contribution < 1.29 is 9.53 Å². The van der Waals surface area contributed by atoms with E-state index in [1.54, 1.807) is 12.4 Å². The molecule has 22 heavy (non-hydrogen) atoms. The summed E-state index contributed by atoms with van der Waals surface area (Å²) in [5.74, 6) is 0.777. The molecule has 1 aromatic heterocycles. The maximum absolute atomic E-state index is 12.4. The molecule has 1 N–H and O–H groups in total. The van der Waals surface area contributed by atoms with Gasteiger partial charge in [0.2, 0.25) is 0 Å². The maximum atomic E-state index is 12.4. The molecule has 6 nitrogen and oxygen atoms in total. The monoisotopic (exact) mass is 306 g/mol. The van der Waals surface area contributed by atoms with Crippen LogP contribution in [0.1, 0.15) is 45.4 Å². The number of rotatable bonds is 6. The highest BCUT2D eigenvalue weighted by atomic mass is 16.5. The van der Waals surface area contributed by atoms with Crippen LogP contribution in [0.25, 0.3) is 0 Å². The highest BCUT2D eigenvalue weighted by Gasteiger charge is 2.21. The molecule has 0 bridgehead atoms.